The van der Waals surface area contributed by atoms with Gasteiger partial charge in [-0.2, -0.15) is 0 Å². The first kappa shape index (κ1) is 16.0. The second kappa shape index (κ2) is 7.55. The Labute approximate surface area is 122 Å². The molecule has 5 nitrogen and oxygen atoms in total. The molecule has 19 heavy (non-hydrogen) atoms. The van der Waals surface area contributed by atoms with Crippen LogP contribution in [-0.4, -0.2) is 35.3 Å². The number of nitrogens with zero attached hydrogens (tertiary/aromatic N) is 2. The average Bonchev–Trinajstić information content (AvgIpc) is 2.35. The van der Waals surface area contributed by atoms with Gasteiger partial charge in [0, 0.05) is 6.07 Å². The van der Waals surface area contributed by atoms with E-state index in [-0.39, 0.29) is 5.97 Å². The van der Waals surface area contributed by atoms with E-state index < -0.39 is 6.04 Å². The van der Waals surface area contributed by atoms with Gasteiger partial charge in [0.05, 0.1) is 7.11 Å². The number of halogens is 1. The van der Waals surface area contributed by atoms with Crippen LogP contribution in [0.2, 0.25) is 5.15 Å². The summed E-state index contributed by atoms with van der Waals surface area (Å²) < 4.78 is 4.79. The van der Waals surface area contributed by atoms with Gasteiger partial charge in [-0.3, -0.25) is 0 Å². The Morgan fingerprint density at radius 2 is 2.21 bits per heavy atom. The van der Waals surface area contributed by atoms with Crippen LogP contribution in [0.3, 0.4) is 0 Å². The van der Waals surface area contributed by atoms with Crippen molar-refractivity contribution >= 4 is 35.1 Å². The van der Waals surface area contributed by atoms with Gasteiger partial charge < -0.3 is 10.1 Å². The smallest absolute Gasteiger partial charge is 0.328 e. The number of anilines is 1. The Balaban J connectivity index is 2.89. The van der Waals surface area contributed by atoms with Gasteiger partial charge in [-0.1, -0.05) is 37.2 Å². The van der Waals surface area contributed by atoms with Crippen LogP contribution in [0.4, 0.5) is 5.82 Å². The molecule has 7 heteroatoms. The second-order valence-electron chi connectivity index (χ2n) is 4.41. The van der Waals surface area contributed by atoms with Gasteiger partial charge in [0.25, 0.3) is 0 Å². The molecule has 0 aromatic carbocycles. The number of rotatable bonds is 6. The van der Waals surface area contributed by atoms with Crippen molar-refractivity contribution in [1.82, 2.24) is 9.97 Å². The van der Waals surface area contributed by atoms with Gasteiger partial charge in [0.2, 0.25) is 0 Å². The lowest BCUT2D eigenvalue weighted by molar-refractivity contribution is -0.141. The molecule has 106 valence electrons. The van der Waals surface area contributed by atoms with Crippen LogP contribution >= 0.6 is 23.4 Å². The molecule has 0 aliphatic heterocycles. The average molecular weight is 304 g/mol. The topological polar surface area (TPSA) is 64.1 Å². The van der Waals surface area contributed by atoms with Crippen molar-refractivity contribution in [1.29, 1.82) is 0 Å². The first-order valence-corrected chi connectivity index (χ1v) is 7.49. The summed E-state index contributed by atoms with van der Waals surface area (Å²) in [6.07, 6.45) is 2.52. The molecule has 1 unspecified atom stereocenters. The van der Waals surface area contributed by atoms with Crippen molar-refractivity contribution in [2.45, 2.75) is 31.5 Å². The number of methoxy groups -OCH3 is 1. The molecule has 0 saturated carbocycles. The number of carbonyl (C=O) groups excluding carboxylic acids is 1. The van der Waals surface area contributed by atoms with E-state index in [0.29, 0.717) is 28.5 Å². The third kappa shape index (κ3) is 5.24. The summed E-state index contributed by atoms with van der Waals surface area (Å²) in [6.45, 7) is 4.08. The van der Waals surface area contributed by atoms with E-state index in [9.17, 15) is 4.79 Å². The van der Waals surface area contributed by atoms with Crippen molar-refractivity contribution in [2.24, 2.45) is 5.92 Å². The fraction of sp³-hybridized carbons (Fsp3) is 0.583. The third-order valence-electron chi connectivity index (χ3n) is 2.37. The Bertz CT molecular complexity index is 443. The zero-order valence-electron chi connectivity index (χ0n) is 11.4. The first-order chi connectivity index (χ1) is 8.96. The maximum atomic E-state index is 11.7. The molecule has 0 aliphatic carbocycles. The minimum atomic E-state index is -0.439. The van der Waals surface area contributed by atoms with Gasteiger partial charge in [0.1, 0.15) is 17.0 Å². The van der Waals surface area contributed by atoms with Gasteiger partial charge in [0.15, 0.2) is 5.16 Å². The molecule has 0 saturated heterocycles. The molecule has 1 aromatic heterocycles. The summed E-state index contributed by atoms with van der Waals surface area (Å²) in [6, 6.07) is 1.16. The number of aromatic nitrogens is 2. The molecule has 0 spiro atoms. The highest BCUT2D eigenvalue weighted by Crippen LogP contribution is 2.19. The number of hydrogen-bond donors (Lipinski definition) is 1. The fourth-order valence-corrected chi connectivity index (χ4v) is 2.18. The van der Waals surface area contributed by atoms with Gasteiger partial charge >= 0.3 is 5.97 Å². The normalized spacial score (nSPS) is 12.3. The predicted molar refractivity (Wildman–Crippen MR) is 77.7 cm³/mol. The molecule has 1 aromatic rings. The highest BCUT2D eigenvalue weighted by atomic mass is 35.5. The standard InChI is InChI=1S/C12H18ClN3O2S/c1-7(2)5-8(11(17)18-3)14-10-6-9(13)15-12(16-10)19-4/h6-8H,5H2,1-4H3,(H,14,15,16). The highest BCUT2D eigenvalue weighted by Gasteiger charge is 2.21. The fourth-order valence-electron chi connectivity index (χ4n) is 1.57. The zero-order valence-corrected chi connectivity index (χ0v) is 13.0. The van der Waals surface area contributed by atoms with Crippen molar-refractivity contribution in [2.75, 3.05) is 18.7 Å². The summed E-state index contributed by atoms with van der Waals surface area (Å²) in [5.41, 5.74) is 0. The predicted octanol–water partition coefficient (Wildman–Crippen LogP) is 2.85. The van der Waals surface area contributed by atoms with Gasteiger partial charge in [-0.25, -0.2) is 14.8 Å². The number of nitrogens with one attached hydrogen (secondary N) is 1. The Kier molecular flexibility index (Phi) is 6.37. The number of esters is 1. The lowest BCUT2D eigenvalue weighted by Crippen LogP contribution is -2.32. The zero-order chi connectivity index (χ0) is 14.4. The molecule has 0 radical (unpaired) electrons. The molecule has 0 aliphatic rings. The molecule has 0 amide bonds. The van der Waals surface area contributed by atoms with E-state index in [4.69, 9.17) is 16.3 Å². The Hall–Kier alpha value is -1.01. The van der Waals surface area contributed by atoms with Crippen molar-refractivity contribution in [3.05, 3.63) is 11.2 Å². The summed E-state index contributed by atoms with van der Waals surface area (Å²) in [7, 11) is 1.37. The van der Waals surface area contributed by atoms with Crippen LogP contribution in [-0.2, 0) is 9.53 Å². The molecule has 0 bridgehead atoms. The maximum absolute atomic E-state index is 11.7. The third-order valence-corrected chi connectivity index (χ3v) is 3.11. The molecule has 1 atom stereocenters. The summed E-state index contributed by atoms with van der Waals surface area (Å²) in [5, 5.41) is 3.95. The lowest BCUT2D eigenvalue weighted by atomic mass is 10.0. The summed E-state index contributed by atoms with van der Waals surface area (Å²) >= 11 is 7.30. The van der Waals surface area contributed by atoms with Crippen LogP contribution in [0.5, 0.6) is 0 Å². The van der Waals surface area contributed by atoms with Crippen molar-refractivity contribution in [3.63, 3.8) is 0 Å². The SMILES string of the molecule is COC(=O)C(CC(C)C)Nc1cc(Cl)nc(SC)n1. The van der Waals surface area contributed by atoms with Crippen LogP contribution in [0.25, 0.3) is 0 Å². The van der Waals surface area contributed by atoms with Crippen molar-refractivity contribution < 1.29 is 9.53 Å². The lowest BCUT2D eigenvalue weighted by Gasteiger charge is -2.19. The number of carbonyl (C=O) groups is 1. The summed E-state index contributed by atoms with van der Waals surface area (Å²) in [4.78, 5) is 20.0. The van der Waals surface area contributed by atoms with E-state index in [0.717, 1.165) is 0 Å². The van der Waals surface area contributed by atoms with Crippen LogP contribution in [0.1, 0.15) is 20.3 Å². The van der Waals surface area contributed by atoms with Gasteiger partial charge in [-0.15, -0.1) is 0 Å². The van der Waals surface area contributed by atoms with Crippen LogP contribution < -0.4 is 5.32 Å². The van der Waals surface area contributed by atoms with Crippen LogP contribution in [0.15, 0.2) is 11.2 Å². The summed E-state index contributed by atoms with van der Waals surface area (Å²) in [5.74, 6) is 0.573. The molecular formula is C12H18ClN3O2S. The van der Waals surface area contributed by atoms with Crippen LogP contribution in [0, 0.1) is 5.92 Å². The quantitative estimate of drug-likeness (QED) is 0.377. The van der Waals surface area contributed by atoms with E-state index in [2.05, 4.69) is 15.3 Å². The second-order valence-corrected chi connectivity index (χ2v) is 5.57. The minimum Gasteiger partial charge on any atom is -0.467 e. The molecular weight excluding hydrogens is 286 g/mol. The molecule has 1 heterocycles. The van der Waals surface area contributed by atoms with E-state index >= 15 is 0 Å². The monoisotopic (exact) mass is 303 g/mol. The Morgan fingerprint density at radius 3 is 2.74 bits per heavy atom. The largest absolute Gasteiger partial charge is 0.467 e. The number of hydrogen-bond acceptors (Lipinski definition) is 6. The maximum Gasteiger partial charge on any atom is 0.328 e. The minimum absolute atomic E-state index is 0.311. The van der Waals surface area contributed by atoms with Gasteiger partial charge in [-0.05, 0) is 18.6 Å². The van der Waals surface area contributed by atoms with E-state index in [1.165, 1.54) is 18.9 Å². The van der Waals surface area contributed by atoms with E-state index in [1.807, 2.05) is 20.1 Å². The number of thioether (sulfide) groups is 1. The molecule has 0 fully saturated rings. The first-order valence-electron chi connectivity index (χ1n) is 5.89. The number of ether oxygens (including phenoxy) is 1. The van der Waals surface area contributed by atoms with E-state index in [1.54, 1.807) is 6.07 Å². The van der Waals surface area contributed by atoms with Crippen molar-refractivity contribution in [3.8, 4) is 0 Å². The molecule has 1 rings (SSSR count). The highest BCUT2D eigenvalue weighted by molar-refractivity contribution is 7.98. The Morgan fingerprint density at radius 1 is 1.53 bits per heavy atom. The molecule has 1 N–H and O–H groups in total.